The molecule has 2 aromatic heterocycles. The third-order valence-electron chi connectivity index (χ3n) is 3.82. The van der Waals surface area contributed by atoms with Crippen molar-refractivity contribution >= 4 is 5.91 Å². The maximum Gasteiger partial charge on any atom is 0.274 e. The second-order valence-electron chi connectivity index (χ2n) is 5.56. The van der Waals surface area contributed by atoms with Gasteiger partial charge in [-0.1, -0.05) is 0 Å². The lowest BCUT2D eigenvalue weighted by atomic mass is 10.1. The van der Waals surface area contributed by atoms with Crippen LogP contribution in [0.4, 0.5) is 0 Å². The maximum atomic E-state index is 12.4. The zero-order chi connectivity index (χ0) is 16.2. The number of hydrogen-bond donors (Lipinski definition) is 1. The molecule has 0 saturated carbocycles. The summed E-state index contributed by atoms with van der Waals surface area (Å²) in [6.45, 7) is 1.60. The molecular weight excluding hydrogens is 298 g/mol. The van der Waals surface area contributed by atoms with Crippen molar-refractivity contribution in [3.05, 3.63) is 46.4 Å². The summed E-state index contributed by atoms with van der Waals surface area (Å²) in [6.07, 6.45) is 4.44. The number of carbonyl (C=O) groups excluding carboxylic acids is 1. The maximum absolute atomic E-state index is 12.4. The molecule has 0 spiro atoms. The van der Waals surface area contributed by atoms with Crippen LogP contribution < -0.4 is 5.56 Å². The number of nitrogens with zero attached hydrogens (tertiary/aromatic N) is 4. The van der Waals surface area contributed by atoms with Crippen LogP contribution in [0.25, 0.3) is 0 Å². The molecule has 23 heavy (non-hydrogen) atoms. The van der Waals surface area contributed by atoms with Crippen molar-refractivity contribution in [3.63, 3.8) is 0 Å². The molecular formula is C15H19N5O3. The van der Waals surface area contributed by atoms with Gasteiger partial charge in [-0.3, -0.25) is 14.3 Å². The molecule has 1 aliphatic heterocycles. The van der Waals surface area contributed by atoms with E-state index >= 15 is 0 Å². The Morgan fingerprint density at radius 1 is 1.52 bits per heavy atom. The molecule has 0 radical (unpaired) electrons. The number of rotatable bonds is 4. The van der Waals surface area contributed by atoms with Crippen LogP contribution in [0, 0.1) is 0 Å². The Morgan fingerprint density at radius 3 is 3.13 bits per heavy atom. The number of H-pyrrole nitrogens is 1. The number of aromatic amines is 1. The average Bonchev–Trinajstić information content (AvgIpc) is 2.99. The first kappa shape index (κ1) is 15.4. The summed E-state index contributed by atoms with van der Waals surface area (Å²) in [5.74, 6) is -0.0758. The summed E-state index contributed by atoms with van der Waals surface area (Å²) in [5.41, 5.74) is 1.02. The molecule has 0 unspecified atom stereocenters. The molecule has 1 amide bonds. The predicted molar refractivity (Wildman–Crippen MR) is 82.0 cm³/mol. The summed E-state index contributed by atoms with van der Waals surface area (Å²) in [4.78, 5) is 32.0. The number of aromatic nitrogens is 4. The minimum atomic E-state index is -0.161. The van der Waals surface area contributed by atoms with Gasteiger partial charge in [0.15, 0.2) is 0 Å². The Bertz CT molecular complexity index is 738. The molecule has 122 valence electrons. The number of aryl methyl sites for hydroxylation is 2. The highest BCUT2D eigenvalue weighted by Gasteiger charge is 2.26. The molecule has 8 heteroatoms. The summed E-state index contributed by atoms with van der Waals surface area (Å²) >= 11 is 0. The second-order valence-corrected chi connectivity index (χ2v) is 5.56. The number of ether oxygens (including phenoxy) is 1. The minimum absolute atomic E-state index is 0.0579. The van der Waals surface area contributed by atoms with Crippen molar-refractivity contribution < 1.29 is 9.53 Å². The van der Waals surface area contributed by atoms with Crippen molar-refractivity contribution in [2.75, 3.05) is 19.7 Å². The molecule has 1 fully saturated rings. The van der Waals surface area contributed by atoms with Gasteiger partial charge in [0, 0.05) is 38.1 Å². The number of nitrogens with one attached hydrogen (secondary N) is 1. The first-order chi connectivity index (χ1) is 11.1. The fourth-order valence-electron chi connectivity index (χ4n) is 2.62. The largest absolute Gasteiger partial charge is 0.375 e. The molecule has 2 aromatic rings. The molecule has 1 N–H and O–H groups in total. The number of morpholine rings is 1. The zero-order valence-corrected chi connectivity index (χ0v) is 12.9. The molecule has 0 aliphatic carbocycles. The lowest BCUT2D eigenvalue weighted by molar-refractivity contribution is -0.0249. The van der Waals surface area contributed by atoms with Crippen molar-refractivity contribution in [1.29, 1.82) is 0 Å². The Hall–Kier alpha value is -2.48. The molecule has 0 bridgehead atoms. The molecule has 8 nitrogen and oxygen atoms in total. The minimum Gasteiger partial charge on any atom is -0.375 e. The third-order valence-corrected chi connectivity index (χ3v) is 3.82. The van der Waals surface area contributed by atoms with E-state index in [4.69, 9.17) is 4.74 Å². The third kappa shape index (κ3) is 3.84. The predicted octanol–water partition coefficient (Wildman–Crippen LogP) is -0.0228. The van der Waals surface area contributed by atoms with Crippen molar-refractivity contribution in [3.8, 4) is 0 Å². The molecule has 1 aliphatic rings. The van der Waals surface area contributed by atoms with E-state index in [2.05, 4.69) is 15.1 Å². The van der Waals surface area contributed by atoms with E-state index in [1.165, 1.54) is 12.4 Å². The topological polar surface area (TPSA) is 93.1 Å². The van der Waals surface area contributed by atoms with Gasteiger partial charge in [-0.25, -0.2) is 4.98 Å². The van der Waals surface area contributed by atoms with Crippen molar-refractivity contribution in [2.24, 2.45) is 7.05 Å². The van der Waals surface area contributed by atoms with Crippen molar-refractivity contribution in [2.45, 2.75) is 18.9 Å². The average molecular weight is 317 g/mol. The van der Waals surface area contributed by atoms with E-state index in [-0.39, 0.29) is 17.6 Å². The van der Waals surface area contributed by atoms with E-state index in [9.17, 15) is 9.59 Å². The first-order valence-electron chi connectivity index (χ1n) is 7.56. The fraction of sp³-hybridized carbons (Fsp3) is 0.467. The summed E-state index contributed by atoms with van der Waals surface area (Å²) in [5, 5.41) is 4.15. The van der Waals surface area contributed by atoms with Crippen LogP contribution in [-0.4, -0.2) is 56.4 Å². The lowest BCUT2D eigenvalue weighted by Gasteiger charge is -2.32. The van der Waals surface area contributed by atoms with Crippen LogP contribution in [0.15, 0.2) is 29.5 Å². The van der Waals surface area contributed by atoms with E-state index in [1.807, 2.05) is 0 Å². The van der Waals surface area contributed by atoms with Gasteiger partial charge in [0.25, 0.3) is 11.5 Å². The highest BCUT2D eigenvalue weighted by atomic mass is 16.5. The van der Waals surface area contributed by atoms with Gasteiger partial charge >= 0.3 is 0 Å². The van der Waals surface area contributed by atoms with Crippen molar-refractivity contribution in [1.82, 2.24) is 24.6 Å². The molecule has 1 saturated heterocycles. The highest BCUT2D eigenvalue weighted by Crippen LogP contribution is 2.13. The van der Waals surface area contributed by atoms with Crippen LogP contribution in [0.2, 0.25) is 0 Å². The molecule has 0 aromatic carbocycles. The monoisotopic (exact) mass is 317 g/mol. The first-order valence-corrected chi connectivity index (χ1v) is 7.56. The van der Waals surface area contributed by atoms with Gasteiger partial charge in [-0.2, -0.15) is 5.10 Å². The summed E-state index contributed by atoms with van der Waals surface area (Å²) in [7, 11) is 1.79. The second kappa shape index (κ2) is 6.74. The summed E-state index contributed by atoms with van der Waals surface area (Å²) in [6, 6.07) is 3.20. The standard InChI is InChI=1S/C15H19N5O3/c1-19-5-4-13(18-19)15(22)20-6-7-23-12(9-20)3-2-11-8-14(21)17-10-16-11/h4-5,8,10,12H,2-3,6-7,9H2,1H3,(H,16,17,21)/t12-/m1/s1. The zero-order valence-electron chi connectivity index (χ0n) is 12.9. The van der Waals surface area contributed by atoms with E-state index in [1.54, 1.807) is 28.9 Å². The lowest BCUT2D eigenvalue weighted by Crippen LogP contribution is -2.46. The van der Waals surface area contributed by atoms with Gasteiger partial charge in [-0.05, 0) is 18.9 Å². The van der Waals surface area contributed by atoms with E-state index < -0.39 is 0 Å². The van der Waals surface area contributed by atoms with Gasteiger partial charge in [0.2, 0.25) is 0 Å². The molecule has 3 rings (SSSR count). The Labute approximate surface area is 133 Å². The van der Waals surface area contributed by atoms with Gasteiger partial charge in [-0.15, -0.1) is 0 Å². The number of hydrogen-bond acceptors (Lipinski definition) is 5. The van der Waals surface area contributed by atoms with Gasteiger partial charge < -0.3 is 14.6 Å². The normalized spacial score (nSPS) is 18.1. The molecule has 3 heterocycles. The number of carbonyl (C=O) groups is 1. The van der Waals surface area contributed by atoms with E-state index in [0.717, 1.165) is 5.69 Å². The fourth-order valence-corrected chi connectivity index (χ4v) is 2.62. The van der Waals surface area contributed by atoms with Crippen LogP contribution in [0.3, 0.4) is 0 Å². The SMILES string of the molecule is Cn1ccc(C(=O)N2CCO[C@H](CCc3cc(=O)[nH]cn3)C2)n1. The van der Waals surface area contributed by atoms with Crippen LogP contribution in [0.5, 0.6) is 0 Å². The highest BCUT2D eigenvalue weighted by molar-refractivity contribution is 5.92. The number of amides is 1. The smallest absolute Gasteiger partial charge is 0.274 e. The van der Waals surface area contributed by atoms with Gasteiger partial charge in [0.1, 0.15) is 5.69 Å². The van der Waals surface area contributed by atoms with E-state index in [0.29, 0.717) is 38.2 Å². The van der Waals surface area contributed by atoms with Crippen LogP contribution >= 0.6 is 0 Å². The Balaban J connectivity index is 1.57. The van der Waals surface area contributed by atoms with Crippen LogP contribution in [0.1, 0.15) is 22.6 Å². The Kier molecular flexibility index (Phi) is 4.52. The molecule has 1 atom stereocenters. The quantitative estimate of drug-likeness (QED) is 0.855. The van der Waals surface area contributed by atoms with Crippen LogP contribution in [-0.2, 0) is 18.2 Å². The Morgan fingerprint density at radius 2 is 2.39 bits per heavy atom. The van der Waals surface area contributed by atoms with Gasteiger partial charge in [0.05, 0.1) is 19.0 Å². The summed E-state index contributed by atoms with van der Waals surface area (Å²) < 4.78 is 7.33.